The maximum Gasteiger partial charge on any atom is 0.123 e. The minimum absolute atomic E-state index is 0.365. The molecule has 0 unspecified atom stereocenters. The summed E-state index contributed by atoms with van der Waals surface area (Å²) in [6.07, 6.45) is 9.37. The molecular formula is C16H24O. The van der Waals surface area contributed by atoms with Crippen LogP contribution in [0.4, 0.5) is 0 Å². The molecule has 2 aliphatic carbocycles. The fourth-order valence-electron chi connectivity index (χ4n) is 4.23. The van der Waals surface area contributed by atoms with Crippen LogP contribution < -0.4 is 0 Å². The van der Waals surface area contributed by atoms with E-state index in [1.807, 2.05) is 0 Å². The number of hydrogen-bond donors (Lipinski definition) is 0. The molecule has 2 fully saturated rings. The number of fused-ring (bicyclic) bond motifs is 1. The van der Waals surface area contributed by atoms with E-state index in [0.29, 0.717) is 12.0 Å². The second-order valence-electron chi connectivity index (χ2n) is 6.26. The molecule has 0 amide bonds. The van der Waals surface area contributed by atoms with E-state index in [1.54, 1.807) is 5.57 Å². The van der Waals surface area contributed by atoms with E-state index in [0.717, 1.165) is 23.5 Å². The van der Waals surface area contributed by atoms with Gasteiger partial charge in [0.2, 0.25) is 0 Å². The van der Waals surface area contributed by atoms with E-state index in [2.05, 4.69) is 26.5 Å². The van der Waals surface area contributed by atoms with Gasteiger partial charge in [-0.2, -0.15) is 0 Å². The fraction of sp³-hybridized carbons (Fsp3) is 0.750. The third kappa shape index (κ3) is 1.75. The van der Waals surface area contributed by atoms with E-state index >= 15 is 0 Å². The summed E-state index contributed by atoms with van der Waals surface area (Å²) >= 11 is 0. The first kappa shape index (κ1) is 11.4. The normalized spacial score (nSPS) is 45.4. The van der Waals surface area contributed by atoms with Crippen LogP contribution in [0, 0.1) is 23.7 Å². The summed E-state index contributed by atoms with van der Waals surface area (Å²) in [5.74, 6) is 3.99. The van der Waals surface area contributed by atoms with Crippen LogP contribution in [0.2, 0.25) is 0 Å². The second kappa shape index (κ2) is 4.19. The van der Waals surface area contributed by atoms with Crippen LogP contribution in [0.25, 0.3) is 0 Å². The van der Waals surface area contributed by atoms with Crippen LogP contribution in [0.5, 0.6) is 0 Å². The molecule has 94 valence electrons. The first-order valence-electron chi connectivity index (χ1n) is 7.23. The molecule has 3 rings (SSSR count). The van der Waals surface area contributed by atoms with Crippen molar-refractivity contribution in [1.29, 1.82) is 0 Å². The Kier molecular flexibility index (Phi) is 2.80. The van der Waals surface area contributed by atoms with Crippen molar-refractivity contribution in [2.75, 3.05) is 0 Å². The van der Waals surface area contributed by atoms with Crippen molar-refractivity contribution in [3.05, 3.63) is 24.0 Å². The Labute approximate surface area is 105 Å². The number of ether oxygens (including phenoxy) is 1. The quantitative estimate of drug-likeness (QED) is 0.612. The number of allylic oxidation sites excluding steroid dienone is 2. The van der Waals surface area contributed by atoms with Gasteiger partial charge >= 0.3 is 0 Å². The average Bonchev–Trinajstić information content (AvgIpc) is 2.93. The van der Waals surface area contributed by atoms with Gasteiger partial charge in [0.05, 0.1) is 5.76 Å². The lowest BCUT2D eigenvalue weighted by Gasteiger charge is -2.42. The molecule has 0 aromatic rings. The molecule has 1 nitrogen and oxygen atoms in total. The molecule has 0 bridgehead atoms. The lowest BCUT2D eigenvalue weighted by atomic mass is 9.74. The van der Waals surface area contributed by atoms with Crippen molar-refractivity contribution in [3.63, 3.8) is 0 Å². The van der Waals surface area contributed by atoms with Gasteiger partial charge in [0, 0.05) is 11.8 Å². The van der Waals surface area contributed by atoms with E-state index in [4.69, 9.17) is 4.74 Å². The molecule has 1 saturated carbocycles. The van der Waals surface area contributed by atoms with Crippen molar-refractivity contribution >= 4 is 0 Å². The van der Waals surface area contributed by atoms with E-state index in [-0.39, 0.29) is 0 Å². The Balaban J connectivity index is 1.89. The first-order chi connectivity index (χ1) is 8.18. The van der Waals surface area contributed by atoms with Crippen LogP contribution in [0.3, 0.4) is 0 Å². The monoisotopic (exact) mass is 232 g/mol. The SMILES string of the molecule is C=C1O[C@@H](C2=CCCC2)[C@@H]2[C@@H](CC[C@H]2C)[C@@H]1C. The first-order valence-corrected chi connectivity index (χ1v) is 7.23. The van der Waals surface area contributed by atoms with Crippen LogP contribution in [0.1, 0.15) is 46.0 Å². The van der Waals surface area contributed by atoms with Gasteiger partial charge in [-0.3, -0.25) is 0 Å². The molecule has 0 aromatic carbocycles. The van der Waals surface area contributed by atoms with Gasteiger partial charge in [-0.05, 0) is 49.5 Å². The third-order valence-electron chi connectivity index (χ3n) is 5.33. The van der Waals surface area contributed by atoms with Gasteiger partial charge in [0.25, 0.3) is 0 Å². The Morgan fingerprint density at radius 1 is 1.29 bits per heavy atom. The van der Waals surface area contributed by atoms with Crippen LogP contribution in [-0.2, 0) is 4.74 Å². The lowest BCUT2D eigenvalue weighted by Crippen LogP contribution is -2.40. The minimum atomic E-state index is 0.365. The predicted octanol–water partition coefficient (Wildman–Crippen LogP) is 4.31. The third-order valence-corrected chi connectivity index (χ3v) is 5.33. The summed E-state index contributed by atoms with van der Waals surface area (Å²) < 4.78 is 6.20. The molecule has 0 spiro atoms. The molecule has 1 heterocycles. The smallest absolute Gasteiger partial charge is 0.123 e. The highest BCUT2D eigenvalue weighted by Gasteiger charge is 2.48. The molecule has 5 atom stereocenters. The molecular weight excluding hydrogens is 208 g/mol. The average molecular weight is 232 g/mol. The highest BCUT2D eigenvalue weighted by Crippen LogP contribution is 2.51. The largest absolute Gasteiger partial charge is 0.490 e. The van der Waals surface area contributed by atoms with Gasteiger partial charge in [-0.15, -0.1) is 0 Å². The standard InChI is InChI=1S/C16H24O/c1-10-8-9-14-11(2)12(3)17-16(15(10)14)13-6-4-5-7-13/h6,10-11,14-16H,3-5,7-9H2,1-2H3/t10-,11-,14+,15+,16+/m1/s1. The second-order valence-corrected chi connectivity index (χ2v) is 6.26. The summed E-state index contributed by atoms with van der Waals surface area (Å²) in [4.78, 5) is 0. The Morgan fingerprint density at radius 3 is 2.82 bits per heavy atom. The van der Waals surface area contributed by atoms with Crippen molar-refractivity contribution in [2.24, 2.45) is 23.7 Å². The van der Waals surface area contributed by atoms with E-state index in [9.17, 15) is 0 Å². The highest BCUT2D eigenvalue weighted by molar-refractivity contribution is 5.20. The molecule has 0 radical (unpaired) electrons. The summed E-state index contributed by atoms with van der Waals surface area (Å²) in [7, 11) is 0. The van der Waals surface area contributed by atoms with Crippen molar-refractivity contribution in [3.8, 4) is 0 Å². The maximum atomic E-state index is 6.20. The lowest BCUT2D eigenvalue weighted by molar-refractivity contribution is -0.0168. The van der Waals surface area contributed by atoms with Crippen LogP contribution in [-0.4, -0.2) is 6.10 Å². The molecule has 1 heteroatoms. The Hall–Kier alpha value is -0.720. The molecule has 1 aliphatic heterocycles. The van der Waals surface area contributed by atoms with Gasteiger partial charge in [-0.25, -0.2) is 0 Å². The summed E-state index contributed by atoms with van der Waals surface area (Å²) in [6.45, 7) is 8.87. The topological polar surface area (TPSA) is 9.23 Å². The number of rotatable bonds is 1. The Morgan fingerprint density at radius 2 is 2.12 bits per heavy atom. The molecule has 0 aromatic heterocycles. The van der Waals surface area contributed by atoms with Gasteiger partial charge in [0.1, 0.15) is 6.10 Å². The predicted molar refractivity (Wildman–Crippen MR) is 70.5 cm³/mol. The van der Waals surface area contributed by atoms with E-state index in [1.165, 1.54) is 32.1 Å². The Bertz CT molecular complexity index is 355. The van der Waals surface area contributed by atoms with Crippen LogP contribution >= 0.6 is 0 Å². The molecule has 17 heavy (non-hydrogen) atoms. The van der Waals surface area contributed by atoms with Crippen molar-refractivity contribution < 1.29 is 4.74 Å². The number of hydrogen-bond acceptors (Lipinski definition) is 1. The summed E-state index contributed by atoms with van der Waals surface area (Å²) in [5.41, 5.74) is 1.57. The van der Waals surface area contributed by atoms with Crippen LogP contribution in [0.15, 0.2) is 24.0 Å². The summed E-state index contributed by atoms with van der Waals surface area (Å²) in [5, 5.41) is 0. The van der Waals surface area contributed by atoms with Gasteiger partial charge in [-0.1, -0.05) is 26.5 Å². The van der Waals surface area contributed by atoms with Crippen molar-refractivity contribution in [1.82, 2.24) is 0 Å². The van der Waals surface area contributed by atoms with E-state index < -0.39 is 0 Å². The molecule has 0 N–H and O–H groups in total. The molecule has 3 aliphatic rings. The summed E-state index contributed by atoms with van der Waals surface area (Å²) in [6, 6.07) is 0. The van der Waals surface area contributed by atoms with Gasteiger partial charge in [0.15, 0.2) is 0 Å². The van der Waals surface area contributed by atoms with Gasteiger partial charge < -0.3 is 4.74 Å². The zero-order valence-electron chi connectivity index (χ0n) is 11.1. The fourth-order valence-corrected chi connectivity index (χ4v) is 4.23. The molecule has 1 saturated heterocycles. The minimum Gasteiger partial charge on any atom is -0.490 e. The maximum absolute atomic E-state index is 6.20. The zero-order valence-corrected chi connectivity index (χ0v) is 11.1. The van der Waals surface area contributed by atoms with Crippen molar-refractivity contribution in [2.45, 2.75) is 52.1 Å². The highest BCUT2D eigenvalue weighted by atomic mass is 16.5. The zero-order chi connectivity index (χ0) is 12.0.